The minimum atomic E-state index is -0.168. The van der Waals surface area contributed by atoms with Crippen molar-refractivity contribution in [2.75, 3.05) is 20.1 Å². The van der Waals surface area contributed by atoms with Crippen molar-refractivity contribution in [2.24, 2.45) is 0 Å². The first-order valence-electron chi connectivity index (χ1n) is 7.68. The Morgan fingerprint density at radius 3 is 2.65 bits per heavy atom. The maximum Gasteiger partial charge on any atom is 0.243 e. The van der Waals surface area contributed by atoms with Gasteiger partial charge in [-0.1, -0.05) is 29.8 Å². The van der Waals surface area contributed by atoms with Gasteiger partial charge in [-0.2, -0.15) is 0 Å². The fourth-order valence-corrected chi connectivity index (χ4v) is 3.97. The number of amides is 1. The van der Waals surface area contributed by atoms with Gasteiger partial charge in [0.05, 0.1) is 0 Å². The minimum absolute atomic E-state index is 0.168. The molecule has 3 nitrogen and oxygen atoms in total. The molecular formula is C17H24N2O. The molecule has 0 unspecified atom stereocenters. The second-order valence-corrected chi connectivity index (χ2v) is 6.38. The Kier molecular flexibility index (Phi) is 3.55. The Bertz CT molecular complexity index is 501. The molecule has 1 aromatic rings. The highest BCUT2D eigenvalue weighted by atomic mass is 16.2. The highest BCUT2D eigenvalue weighted by Crippen LogP contribution is 2.40. The third kappa shape index (κ3) is 2.24. The van der Waals surface area contributed by atoms with Crippen LogP contribution >= 0.6 is 0 Å². The monoisotopic (exact) mass is 272 g/mol. The Labute approximate surface area is 121 Å². The van der Waals surface area contributed by atoms with E-state index in [-0.39, 0.29) is 5.54 Å². The molecule has 0 atom stereocenters. The third-order valence-electron chi connectivity index (χ3n) is 4.89. The van der Waals surface area contributed by atoms with Gasteiger partial charge in [-0.25, -0.2) is 0 Å². The van der Waals surface area contributed by atoms with Gasteiger partial charge in [0.2, 0.25) is 5.91 Å². The summed E-state index contributed by atoms with van der Waals surface area (Å²) in [5.74, 6) is 0.328. The van der Waals surface area contributed by atoms with E-state index in [0.29, 0.717) is 5.91 Å². The fraction of sp³-hybridized carbons (Fsp3) is 0.588. The van der Waals surface area contributed by atoms with Crippen LogP contribution in [0.25, 0.3) is 0 Å². The number of nitrogens with zero attached hydrogens (tertiary/aromatic N) is 2. The van der Waals surface area contributed by atoms with Crippen LogP contribution in [-0.4, -0.2) is 41.4 Å². The molecule has 0 aliphatic carbocycles. The van der Waals surface area contributed by atoms with Crippen LogP contribution in [0.3, 0.4) is 0 Å². The Morgan fingerprint density at radius 1 is 1.30 bits per heavy atom. The van der Waals surface area contributed by atoms with Crippen molar-refractivity contribution < 1.29 is 4.79 Å². The summed E-state index contributed by atoms with van der Waals surface area (Å²) in [6.07, 6.45) is 4.43. The molecule has 1 aromatic carbocycles. The molecule has 0 radical (unpaired) electrons. The fourth-order valence-electron chi connectivity index (χ4n) is 3.97. The molecule has 0 aromatic heterocycles. The van der Waals surface area contributed by atoms with Gasteiger partial charge < -0.3 is 4.90 Å². The second-order valence-electron chi connectivity index (χ2n) is 6.38. The number of likely N-dealkylation sites (N-methyl/N-ethyl adjacent to an activating group) is 1. The van der Waals surface area contributed by atoms with Crippen molar-refractivity contribution in [3.05, 3.63) is 35.4 Å². The summed E-state index contributed by atoms with van der Waals surface area (Å²) in [6.45, 7) is 5.02. The zero-order valence-corrected chi connectivity index (χ0v) is 12.6. The van der Waals surface area contributed by atoms with E-state index in [0.717, 1.165) is 32.5 Å². The quantitative estimate of drug-likeness (QED) is 0.844. The summed E-state index contributed by atoms with van der Waals surface area (Å²) in [4.78, 5) is 17.3. The van der Waals surface area contributed by atoms with E-state index in [1.165, 1.54) is 24.0 Å². The van der Waals surface area contributed by atoms with E-state index in [1.54, 1.807) is 0 Å². The van der Waals surface area contributed by atoms with Gasteiger partial charge in [0.25, 0.3) is 0 Å². The molecule has 0 N–H and O–H groups in total. The number of carbonyl (C=O) groups is 1. The zero-order valence-electron chi connectivity index (χ0n) is 12.6. The number of hydrogen-bond acceptors (Lipinski definition) is 2. The Hall–Kier alpha value is -1.35. The second kappa shape index (κ2) is 5.21. The topological polar surface area (TPSA) is 23.6 Å². The van der Waals surface area contributed by atoms with Gasteiger partial charge in [0.1, 0.15) is 5.54 Å². The van der Waals surface area contributed by atoms with Crippen LogP contribution in [0.1, 0.15) is 36.8 Å². The molecule has 2 aliphatic heterocycles. The molecule has 0 spiro atoms. The lowest BCUT2D eigenvalue weighted by atomic mass is 9.92. The number of carbonyl (C=O) groups excluding carboxylic acids is 1. The van der Waals surface area contributed by atoms with Crippen LogP contribution in [0, 0.1) is 6.92 Å². The van der Waals surface area contributed by atoms with Gasteiger partial charge in [0, 0.05) is 13.6 Å². The van der Waals surface area contributed by atoms with Crippen LogP contribution < -0.4 is 0 Å². The highest BCUT2D eigenvalue weighted by Gasteiger charge is 2.50. The Balaban J connectivity index is 1.74. The smallest absolute Gasteiger partial charge is 0.243 e. The SMILES string of the molecule is Cc1cccc(CN(C)C(=O)C23CCCN2CCC3)c1. The van der Waals surface area contributed by atoms with E-state index < -0.39 is 0 Å². The van der Waals surface area contributed by atoms with Crippen molar-refractivity contribution >= 4 is 5.91 Å². The summed E-state index contributed by atoms with van der Waals surface area (Å²) in [6, 6.07) is 8.44. The lowest BCUT2D eigenvalue weighted by molar-refractivity contribution is -0.140. The van der Waals surface area contributed by atoms with Crippen LogP contribution in [0.2, 0.25) is 0 Å². The lowest BCUT2D eigenvalue weighted by Crippen LogP contribution is -2.52. The van der Waals surface area contributed by atoms with Crippen LogP contribution in [-0.2, 0) is 11.3 Å². The van der Waals surface area contributed by atoms with Crippen molar-refractivity contribution in [1.29, 1.82) is 0 Å². The van der Waals surface area contributed by atoms with Crippen molar-refractivity contribution in [2.45, 2.75) is 44.7 Å². The largest absolute Gasteiger partial charge is 0.340 e. The molecule has 3 rings (SSSR count). The van der Waals surface area contributed by atoms with E-state index in [1.807, 2.05) is 11.9 Å². The molecule has 2 heterocycles. The predicted octanol–water partition coefficient (Wildman–Crippen LogP) is 2.58. The van der Waals surface area contributed by atoms with Gasteiger partial charge in [0.15, 0.2) is 0 Å². The molecule has 0 saturated carbocycles. The summed E-state index contributed by atoms with van der Waals surface area (Å²) in [5.41, 5.74) is 2.31. The van der Waals surface area contributed by atoms with E-state index in [9.17, 15) is 4.79 Å². The molecule has 2 fully saturated rings. The minimum Gasteiger partial charge on any atom is -0.340 e. The van der Waals surface area contributed by atoms with Crippen LogP contribution in [0.4, 0.5) is 0 Å². The molecule has 108 valence electrons. The normalized spacial score (nSPS) is 20.9. The molecule has 2 aliphatic rings. The Morgan fingerprint density at radius 2 is 2.00 bits per heavy atom. The van der Waals surface area contributed by atoms with Crippen molar-refractivity contribution in [3.8, 4) is 0 Å². The maximum atomic E-state index is 12.9. The predicted molar refractivity (Wildman–Crippen MR) is 80.4 cm³/mol. The van der Waals surface area contributed by atoms with E-state index >= 15 is 0 Å². The average molecular weight is 272 g/mol. The van der Waals surface area contributed by atoms with E-state index in [2.05, 4.69) is 36.1 Å². The molecule has 2 saturated heterocycles. The number of hydrogen-bond donors (Lipinski definition) is 0. The molecule has 20 heavy (non-hydrogen) atoms. The van der Waals surface area contributed by atoms with Crippen molar-refractivity contribution in [1.82, 2.24) is 9.80 Å². The summed E-state index contributed by atoms with van der Waals surface area (Å²) >= 11 is 0. The average Bonchev–Trinajstić information content (AvgIpc) is 2.97. The summed E-state index contributed by atoms with van der Waals surface area (Å²) in [5, 5.41) is 0. The summed E-state index contributed by atoms with van der Waals surface area (Å²) < 4.78 is 0. The van der Waals surface area contributed by atoms with Gasteiger partial charge in [-0.3, -0.25) is 9.69 Å². The van der Waals surface area contributed by atoms with Crippen LogP contribution in [0.5, 0.6) is 0 Å². The third-order valence-corrected chi connectivity index (χ3v) is 4.89. The maximum absolute atomic E-state index is 12.9. The van der Waals surface area contributed by atoms with E-state index in [4.69, 9.17) is 0 Å². The van der Waals surface area contributed by atoms with Crippen LogP contribution in [0.15, 0.2) is 24.3 Å². The first kappa shape index (κ1) is 13.6. The lowest BCUT2D eigenvalue weighted by Gasteiger charge is -2.34. The number of fused-ring (bicyclic) bond motifs is 1. The van der Waals surface area contributed by atoms with Crippen molar-refractivity contribution in [3.63, 3.8) is 0 Å². The first-order valence-corrected chi connectivity index (χ1v) is 7.68. The molecule has 1 amide bonds. The zero-order chi connectivity index (χ0) is 14.2. The van der Waals surface area contributed by atoms with Gasteiger partial charge in [-0.15, -0.1) is 0 Å². The standard InChI is InChI=1S/C17H24N2O/c1-14-6-3-7-15(12-14)13-18(2)16(20)17-8-4-10-19(17)11-5-9-17/h3,6-7,12H,4-5,8-11,13H2,1-2H3. The van der Waals surface area contributed by atoms with Gasteiger partial charge in [-0.05, 0) is 51.3 Å². The highest BCUT2D eigenvalue weighted by molar-refractivity contribution is 5.87. The van der Waals surface area contributed by atoms with Gasteiger partial charge >= 0.3 is 0 Å². The number of aryl methyl sites for hydroxylation is 1. The number of rotatable bonds is 3. The molecule has 0 bridgehead atoms. The first-order chi connectivity index (χ1) is 9.62. The number of benzene rings is 1. The molecule has 3 heteroatoms. The summed E-state index contributed by atoms with van der Waals surface area (Å²) in [7, 11) is 1.95. The molecular weight excluding hydrogens is 248 g/mol.